The molecule has 0 radical (unpaired) electrons. The molecule has 0 amide bonds. The van der Waals surface area contributed by atoms with Crippen molar-refractivity contribution in [1.29, 1.82) is 0 Å². The Morgan fingerprint density at radius 2 is 2.00 bits per heavy atom. The fraction of sp³-hybridized carbons (Fsp3) is 0.750. The Bertz CT molecular complexity index is 204. The lowest BCUT2D eigenvalue weighted by Gasteiger charge is -2.11. The van der Waals surface area contributed by atoms with Gasteiger partial charge < -0.3 is 14.2 Å². The summed E-state index contributed by atoms with van der Waals surface area (Å²) in [7, 11) is -0.138. The number of aliphatic hydroxyl groups is 1. The van der Waals surface area contributed by atoms with E-state index in [0.717, 1.165) is 5.57 Å². The maximum Gasteiger partial charge on any atom is 0.330 e. The molecule has 78 valence electrons. The molecule has 0 rings (SSSR count). The summed E-state index contributed by atoms with van der Waals surface area (Å²) in [6.07, 6.45) is 2.76. The van der Waals surface area contributed by atoms with Gasteiger partial charge >= 0.3 is 7.60 Å². The minimum absolute atomic E-state index is 0.0320. The molecule has 4 nitrogen and oxygen atoms in total. The molecule has 0 bridgehead atoms. The molecule has 0 atom stereocenters. The van der Waals surface area contributed by atoms with Gasteiger partial charge in [-0.25, -0.2) is 0 Å². The average molecular weight is 208 g/mol. The second-order valence-corrected chi connectivity index (χ2v) is 5.10. The summed E-state index contributed by atoms with van der Waals surface area (Å²) in [5.74, 6) is 0. The highest BCUT2D eigenvalue weighted by Crippen LogP contribution is 2.46. The Hall–Kier alpha value is -0.150. The zero-order chi connectivity index (χ0) is 10.3. The normalized spacial score (nSPS) is 13.4. The molecule has 0 saturated carbocycles. The molecule has 0 saturated heterocycles. The van der Waals surface area contributed by atoms with Gasteiger partial charge in [-0.1, -0.05) is 11.6 Å². The van der Waals surface area contributed by atoms with Crippen LogP contribution < -0.4 is 0 Å². The molecule has 1 N–H and O–H groups in total. The zero-order valence-electron chi connectivity index (χ0n) is 8.32. The van der Waals surface area contributed by atoms with E-state index in [2.05, 4.69) is 0 Å². The molecule has 0 spiro atoms. The number of rotatable bonds is 6. The van der Waals surface area contributed by atoms with Crippen molar-refractivity contribution < 1.29 is 18.7 Å². The van der Waals surface area contributed by atoms with Crippen LogP contribution in [0.25, 0.3) is 0 Å². The Morgan fingerprint density at radius 1 is 1.46 bits per heavy atom. The number of allylic oxidation sites excluding steroid dienone is 1. The van der Waals surface area contributed by atoms with Gasteiger partial charge in [-0.15, -0.1) is 0 Å². The minimum Gasteiger partial charge on any atom is -0.392 e. The standard InChI is InChI=1S/C8H17O4P/c1-8(7-9)5-4-6-13(10,11-2)12-3/h5,9H,4,6-7H2,1-3H3/b8-5+. The van der Waals surface area contributed by atoms with Gasteiger partial charge in [-0.3, -0.25) is 4.57 Å². The fourth-order valence-corrected chi connectivity index (χ4v) is 1.75. The summed E-state index contributed by atoms with van der Waals surface area (Å²) in [6, 6.07) is 0. The van der Waals surface area contributed by atoms with E-state index in [-0.39, 0.29) is 6.61 Å². The number of aliphatic hydroxyl groups excluding tert-OH is 1. The predicted molar refractivity (Wildman–Crippen MR) is 52.0 cm³/mol. The van der Waals surface area contributed by atoms with Crippen LogP contribution in [0.4, 0.5) is 0 Å². The first-order chi connectivity index (χ1) is 6.08. The van der Waals surface area contributed by atoms with Crippen LogP contribution in [0.15, 0.2) is 11.6 Å². The van der Waals surface area contributed by atoms with Crippen molar-refractivity contribution in [2.45, 2.75) is 13.3 Å². The van der Waals surface area contributed by atoms with Crippen LogP contribution in [0.3, 0.4) is 0 Å². The SMILES string of the molecule is COP(=O)(CC/C=C(\C)CO)OC. The van der Waals surface area contributed by atoms with Crippen molar-refractivity contribution in [2.24, 2.45) is 0 Å². The molecule has 0 aromatic heterocycles. The molecule has 5 heteroatoms. The summed E-state index contributed by atoms with van der Waals surface area (Å²) in [6.45, 7) is 1.84. The molecular weight excluding hydrogens is 191 g/mol. The first-order valence-electron chi connectivity index (χ1n) is 4.05. The zero-order valence-corrected chi connectivity index (χ0v) is 9.21. The lowest BCUT2D eigenvalue weighted by molar-refractivity contribution is 0.276. The summed E-state index contributed by atoms with van der Waals surface area (Å²) in [5, 5.41) is 8.68. The van der Waals surface area contributed by atoms with Gasteiger partial charge in [0.1, 0.15) is 0 Å². The van der Waals surface area contributed by atoms with E-state index in [1.54, 1.807) is 0 Å². The molecule has 13 heavy (non-hydrogen) atoms. The van der Waals surface area contributed by atoms with Gasteiger partial charge in [0.15, 0.2) is 0 Å². The van der Waals surface area contributed by atoms with E-state index in [9.17, 15) is 4.57 Å². The highest BCUT2D eigenvalue weighted by atomic mass is 31.2. The van der Waals surface area contributed by atoms with Gasteiger partial charge in [0.25, 0.3) is 0 Å². The van der Waals surface area contributed by atoms with Crippen LogP contribution in [-0.4, -0.2) is 32.1 Å². The second kappa shape index (κ2) is 6.33. The van der Waals surface area contributed by atoms with Crippen LogP contribution in [0.1, 0.15) is 13.3 Å². The highest BCUT2D eigenvalue weighted by molar-refractivity contribution is 7.53. The van der Waals surface area contributed by atoms with Crippen molar-refractivity contribution >= 4 is 7.60 Å². The second-order valence-electron chi connectivity index (χ2n) is 2.70. The third kappa shape index (κ3) is 5.21. The van der Waals surface area contributed by atoms with Crippen molar-refractivity contribution in [3.63, 3.8) is 0 Å². The molecule has 0 aromatic rings. The third-order valence-corrected chi connectivity index (χ3v) is 3.62. The van der Waals surface area contributed by atoms with E-state index in [1.807, 2.05) is 13.0 Å². The van der Waals surface area contributed by atoms with Gasteiger partial charge in [0.05, 0.1) is 12.8 Å². The number of hydrogen-bond acceptors (Lipinski definition) is 4. The van der Waals surface area contributed by atoms with E-state index in [4.69, 9.17) is 14.2 Å². The Labute approximate surface area is 79.1 Å². The molecule has 0 aliphatic rings. The maximum atomic E-state index is 11.5. The summed E-state index contributed by atoms with van der Waals surface area (Å²) >= 11 is 0. The largest absolute Gasteiger partial charge is 0.392 e. The van der Waals surface area contributed by atoms with E-state index < -0.39 is 7.60 Å². The molecule has 0 fully saturated rings. The van der Waals surface area contributed by atoms with Crippen molar-refractivity contribution in [3.8, 4) is 0 Å². The van der Waals surface area contributed by atoms with Gasteiger partial charge in [-0.05, 0) is 13.3 Å². The summed E-state index contributed by atoms with van der Waals surface area (Å²) in [5.41, 5.74) is 0.860. The van der Waals surface area contributed by atoms with Crippen LogP contribution in [0, 0.1) is 0 Å². The van der Waals surface area contributed by atoms with Crippen LogP contribution in [0.5, 0.6) is 0 Å². The molecule has 0 aliphatic carbocycles. The minimum atomic E-state index is -2.87. The van der Waals surface area contributed by atoms with Crippen LogP contribution in [0.2, 0.25) is 0 Å². The fourth-order valence-electron chi connectivity index (χ4n) is 0.791. The highest BCUT2D eigenvalue weighted by Gasteiger charge is 2.18. The molecule has 0 aromatic carbocycles. The predicted octanol–water partition coefficient (Wildman–Crippen LogP) is 1.80. The summed E-state index contributed by atoms with van der Waals surface area (Å²) in [4.78, 5) is 0. The van der Waals surface area contributed by atoms with Crippen molar-refractivity contribution in [1.82, 2.24) is 0 Å². The van der Waals surface area contributed by atoms with Crippen LogP contribution in [-0.2, 0) is 13.6 Å². The van der Waals surface area contributed by atoms with E-state index >= 15 is 0 Å². The topological polar surface area (TPSA) is 55.8 Å². The molecule has 0 heterocycles. The Morgan fingerprint density at radius 3 is 2.38 bits per heavy atom. The lowest BCUT2D eigenvalue weighted by atomic mass is 10.3. The maximum absolute atomic E-state index is 11.5. The first kappa shape index (κ1) is 12.8. The monoisotopic (exact) mass is 208 g/mol. The van der Waals surface area contributed by atoms with Gasteiger partial charge in [0.2, 0.25) is 0 Å². The molecular formula is C8H17O4P. The van der Waals surface area contributed by atoms with E-state index in [0.29, 0.717) is 12.6 Å². The molecule has 0 unspecified atom stereocenters. The lowest BCUT2D eigenvalue weighted by Crippen LogP contribution is -1.94. The van der Waals surface area contributed by atoms with Crippen molar-refractivity contribution in [3.05, 3.63) is 11.6 Å². The molecule has 0 aliphatic heterocycles. The van der Waals surface area contributed by atoms with Crippen LogP contribution >= 0.6 is 7.60 Å². The Kier molecular flexibility index (Phi) is 6.25. The first-order valence-corrected chi connectivity index (χ1v) is 5.78. The number of hydrogen-bond donors (Lipinski definition) is 1. The van der Waals surface area contributed by atoms with Gasteiger partial charge in [-0.2, -0.15) is 0 Å². The van der Waals surface area contributed by atoms with Crippen molar-refractivity contribution in [2.75, 3.05) is 27.0 Å². The van der Waals surface area contributed by atoms with Gasteiger partial charge in [0, 0.05) is 14.2 Å². The smallest absolute Gasteiger partial charge is 0.330 e. The quantitative estimate of drug-likeness (QED) is 0.534. The average Bonchev–Trinajstić information content (AvgIpc) is 2.17. The Balaban J connectivity index is 3.94. The third-order valence-electron chi connectivity index (χ3n) is 1.70. The summed E-state index contributed by atoms with van der Waals surface area (Å²) < 4.78 is 21.0. The van der Waals surface area contributed by atoms with E-state index in [1.165, 1.54) is 14.2 Å².